The average molecular weight is 193 g/mol. The maximum absolute atomic E-state index is 13.8. The van der Waals surface area contributed by atoms with Gasteiger partial charge in [0.15, 0.2) is 0 Å². The van der Waals surface area contributed by atoms with Crippen LogP contribution >= 0.6 is 0 Å². The lowest BCUT2D eigenvalue weighted by Gasteiger charge is -2.20. The van der Waals surface area contributed by atoms with Crippen LogP contribution in [0, 0.1) is 5.41 Å². The molecule has 1 saturated carbocycles. The number of allylic oxidation sites excluding steroid dienone is 5. The van der Waals surface area contributed by atoms with Crippen LogP contribution in [0.4, 0.5) is 4.39 Å². The van der Waals surface area contributed by atoms with E-state index in [0.717, 1.165) is 29.7 Å². The average Bonchev–Trinajstić information content (AvgIpc) is 2.32. The molecular formula is C12H16FN. The molecule has 1 nitrogen and oxygen atoms in total. The highest BCUT2D eigenvalue weighted by atomic mass is 19.1. The quantitative estimate of drug-likeness (QED) is 0.628. The van der Waals surface area contributed by atoms with E-state index in [1.807, 2.05) is 0 Å². The fourth-order valence-corrected chi connectivity index (χ4v) is 2.38. The van der Waals surface area contributed by atoms with Crippen molar-refractivity contribution in [1.29, 1.82) is 0 Å². The lowest BCUT2D eigenvalue weighted by atomic mass is 9.85. The topological polar surface area (TPSA) is 26.0 Å². The molecule has 0 aliphatic heterocycles. The van der Waals surface area contributed by atoms with Gasteiger partial charge in [-0.15, -0.1) is 0 Å². The van der Waals surface area contributed by atoms with E-state index < -0.39 is 0 Å². The summed E-state index contributed by atoms with van der Waals surface area (Å²) >= 11 is 0. The maximum atomic E-state index is 13.8. The van der Waals surface area contributed by atoms with Gasteiger partial charge in [-0.1, -0.05) is 19.9 Å². The second kappa shape index (κ2) is 2.97. The Hall–Kier alpha value is -1.05. The molecule has 0 radical (unpaired) electrons. The first-order valence-electron chi connectivity index (χ1n) is 5.07. The Morgan fingerprint density at radius 2 is 2.14 bits per heavy atom. The van der Waals surface area contributed by atoms with Gasteiger partial charge >= 0.3 is 0 Å². The van der Waals surface area contributed by atoms with Crippen LogP contribution in [0.25, 0.3) is 0 Å². The van der Waals surface area contributed by atoms with E-state index in [9.17, 15) is 4.39 Å². The lowest BCUT2D eigenvalue weighted by Crippen LogP contribution is -2.10. The Morgan fingerprint density at radius 3 is 2.86 bits per heavy atom. The van der Waals surface area contributed by atoms with Gasteiger partial charge in [0.05, 0.1) is 0 Å². The van der Waals surface area contributed by atoms with Crippen molar-refractivity contribution in [3.8, 4) is 0 Å². The predicted molar refractivity (Wildman–Crippen MR) is 56.1 cm³/mol. The second-order valence-electron chi connectivity index (χ2n) is 4.72. The van der Waals surface area contributed by atoms with Gasteiger partial charge in [0.25, 0.3) is 0 Å². The Morgan fingerprint density at radius 1 is 1.43 bits per heavy atom. The van der Waals surface area contributed by atoms with Crippen molar-refractivity contribution in [3.63, 3.8) is 0 Å². The summed E-state index contributed by atoms with van der Waals surface area (Å²) < 4.78 is 13.8. The van der Waals surface area contributed by atoms with E-state index in [1.54, 1.807) is 12.2 Å². The van der Waals surface area contributed by atoms with Crippen molar-refractivity contribution >= 4 is 0 Å². The third-order valence-electron chi connectivity index (χ3n) is 3.21. The molecule has 0 heterocycles. The van der Waals surface area contributed by atoms with Crippen LogP contribution in [-0.4, -0.2) is 0 Å². The molecule has 0 aromatic heterocycles. The normalized spacial score (nSPS) is 25.4. The molecule has 0 aromatic carbocycles. The van der Waals surface area contributed by atoms with Gasteiger partial charge in [-0.25, -0.2) is 4.39 Å². The molecule has 0 amide bonds. The molecule has 0 atom stereocenters. The van der Waals surface area contributed by atoms with Gasteiger partial charge in [0.2, 0.25) is 0 Å². The van der Waals surface area contributed by atoms with E-state index in [1.165, 1.54) is 0 Å². The molecule has 0 unspecified atom stereocenters. The summed E-state index contributed by atoms with van der Waals surface area (Å²) in [7, 11) is 0. The fourth-order valence-electron chi connectivity index (χ4n) is 2.38. The molecule has 2 aliphatic carbocycles. The van der Waals surface area contributed by atoms with E-state index in [2.05, 4.69) is 13.8 Å². The van der Waals surface area contributed by atoms with Gasteiger partial charge in [0.1, 0.15) is 5.83 Å². The Labute approximate surface area is 84.2 Å². The summed E-state index contributed by atoms with van der Waals surface area (Å²) in [6, 6.07) is 0. The standard InChI is InChI=1S/C12H16FN/c1-12(2)7-6-8-10(14)5-3-4-9(13)11(8)12/h3-4H,5-7,14H2,1-2H3. The molecule has 76 valence electrons. The molecule has 2 rings (SSSR count). The number of halogens is 1. The van der Waals surface area contributed by atoms with Crippen LogP contribution in [0.1, 0.15) is 33.1 Å². The summed E-state index contributed by atoms with van der Waals surface area (Å²) in [6.45, 7) is 4.17. The monoisotopic (exact) mass is 193 g/mol. The van der Waals surface area contributed by atoms with Gasteiger partial charge in [-0.05, 0) is 35.5 Å². The van der Waals surface area contributed by atoms with E-state index in [4.69, 9.17) is 5.73 Å². The van der Waals surface area contributed by atoms with Crippen molar-refractivity contribution in [2.24, 2.45) is 11.1 Å². The predicted octanol–water partition coefficient (Wildman–Crippen LogP) is 3.20. The van der Waals surface area contributed by atoms with Crippen molar-refractivity contribution in [2.75, 3.05) is 0 Å². The molecule has 2 aliphatic rings. The van der Waals surface area contributed by atoms with Gasteiger partial charge in [-0.2, -0.15) is 0 Å². The van der Waals surface area contributed by atoms with E-state index >= 15 is 0 Å². The van der Waals surface area contributed by atoms with Gasteiger partial charge in [0, 0.05) is 12.1 Å². The Balaban J connectivity index is 2.61. The van der Waals surface area contributed by atoms with Crippen LogP contribution in [0.3, 0.4) is 0 Å². The summed E-state index contributed by atoms with van der Waals surface area (Å²) in [4.78, 5) is 0. The minimum absolute atomic E-state index is 0.0568. The number of nitrogens with two attached hydrogens (primary N) is 1. The van der Waals surface area contributed by atoms with Crippen LogP contribution in [0.15, 0.2) is 34.8 Å². The molecule has 0 saturated heterocycles. The maximum Gasteiger partial charge on any atom is 0.126 e. The SMILES string of the molecule is CC1(C)CCC2=C(N)CC=CC(F)=C21. The first-order chi connectivity index (χ1) is 6.52. The first kappa shape index (κ1) is 9.50. The van der Waals surface area contributed by atoms with Crippen molar-refractivity contribution in [1.82, 2.24) is 0 Å². The molecule has 0 bridgehead atoms. The van der Waals surface area contributed by atoms with Crippen molar-refractivity contribution in [2.45, 2.75) is 33.1 Å². The van der Waals surface area contributed by atoms with Crippen LogP contribution < -0.4 is 5.73 Å². The molecule has 0 aromatic rings. The van der Waals surface area contributed by atoms with Gasteiger partial charge in [-0.3, -0.25) is 0 Å². The highest BCUT2D eigenvalue weighted by Crippen LogP contribution is 2.49. The number of hydrogen-bond donors (Lipinski definition) is 1. The second-order valence-corrected chi connectivity index (χ2v) is 4.72. The smallest absolute Gasteiger partial charge is 0.126 e. The minimum atomic E-state index is -0.0945. The first-order valence-corrected chi connectivity index (χ1v) is 5.07. The number of fused-ring (bicyclic) bond motifs is 1. The van der Waals surface area contributed by atoms with Crippen LogP contribution in [-0.2, 0) is 0 Å². The summed E-state index contributed by atoms with van der Waals surface area (Å²) in [5.41, 5.74) is 8.61. The summed E-state index contributed by atoms with van der Waals surface area (Å²) in [5.74, 6) is -0.0945. The van der Waals surface area contributed by atoms with Crippen LogP contribution in [0.2, 0.25) is 0 Å². The minimum Gasteiger partial charge on any atom is -0.402 e. The highest BCUT2D eigenvalue weighted by Gasteiger charge is 2.36. The number of rotatable bonds is 0. The molecule has 14 heavy (non-hydrogen) atoms. The Bertz CT molecular complexity index is 359. The molecule has 1 fully saturated rings. The fraction of sp³-hybridized carbons (Fsp3) is 0.500. The Kier molecular flexibility index (Phi) is 2.02. The molecule has 2 heteroatoms. The van der Waals surface area contributed by atoms with Gasteiger partial charge < -0.3 is 5.73 Å². The van der Waals surface area contributed by atoms with Crippen LogP contribution in [0.5, 0.6) is 0 Å². The zero-order valence-electron chi connectivity index (χ0n) is 8.73. The molecule has 2 N–H and O–H groups in total. The zero-order valence-corrected chi connectivity index (χ0v) is 8.73. The summed E-state index contributed by atoms with van der Waals surface area (Å²) in [5, 5.41) is 0. The third kappa shape index (κ3) is 1.29. The third-order valence-corrected chi connectivity index (χ3v) is 3.21. The van der Waals surface area contributed by atoms with E-state index in [0.29, 0.717) is 6.42 Å². The zero-order chi connectivity index (χ0) is 10.3. The number of hydrogen-bond acceptors (Lipinski definition) is 1. The largest absolute Gasteiger partial charge is 0.402 e. The molecule has 0 spiro atoms. The molecular weight excluding hydrogens is 177 g/mol. The lowest BCUT2D eigenvalue weighted by molar-refractivity contribution is 0.447. The van der Waals surface area contributed by atoms with Crippen molar-refractivity contribution < 1.29 is 4.39 Å². The summed E-state index contributed by atoms with van der Waals surface area (Å²) in [6.07, 6.45) is 5.96. The van der Waals surface area contributed by atoms with E-state index in [-0.39, 0.29) is 11.2 Å². The highest BCUT2D eigenvalue weighted by molar-refractivity contribution is 5.49. The van der Waals surface area contributed by atoms with Crippen molar-refractivity contribution in [3.05, 3.63) is 34.8 Å².